The van der Waals surface area contributed by atoms with Gasteiger partial charge in [-0.3, -0.25) is 0 Å². The van der Waals surface area contributed by atoms with Gasteiger partial charge in [-0.05, 0) is 31.4 Å². The molecule has 0 saturated carbocycles. The van der Waals surface area contributed by atoms with E-state index in [4.69, 9.17) is 4.74 Å². The zero-order valence-electron chi connectivity index (χ0n) is 13.0. The Balaban J connectivity index is 1.91. The maximum Gasteiger partial charge on any atom is 0.238 e. The van der Waals surface area contributed by atoms with E-state index in [-0.39, 0.29) is 5.82 Å². The number of anilines is 3. The summed E-state index contributed by atoms with van der Waals surface area (Å²) in [6.45, 7) is 1.81. The van der Waals surface area contributed by atoms with Crippen LogP contribution in [0.5, 0.6) is 5.75 Å². The number of piperidine rings is 1. The summed E-state index contributed by atoms with van der Waals surface area (Å²) in [5.41, 5.74) is 0.745. The van der Waals surface area contributed by atoms with Gasteiger partial charge in [-0.15, -0.1) is 0 Å². The number of para-hydroxylation sites is 2. The number of hydrogen-bond donors (Lipinski definition) is 1. The molecule has 1 N–H and O–H groups in total. The van der Waals surface area contributed by atoms with Crippen molar-refractivity contribution in [2.24, 2.45) is 0 Å². The lowest BCUT2D eigenvalue weighted by Crippen LogP contribution is -2.31. The molecule has 0 radical (unpaired) electrons. The van der Waals surface area contributed by atoms with E-state index in [9.17, 15) is 5.26 Å². The summed E-state index contributed by atoms with van der Waals surface area (Å²) in [4.78, 5) is 14.9. The second-order valence-corrected chi connectivity index (χ2v) is 5.27. The Morgan fingerprint density at radius 2 is 1.91 bits per heavy atom. The van der Waals surface area contributed by atoms with Crippen LogP contribution in [0.4, 0.5) is 17.6 Å². The summed E-state index contributed by atoms with van der Waals surface area (Å²) in [5, 5.41) is 12.3. The van der Waals surface area contributed by atoms with Gasteiger partial charge in [0.05, 0.1) is 12.8 Å². The minimum Gasteiger partial charge on any atom is -0.495 e. The van der Waals surface area contributed by atoms with Gasteiger partial charge >= 0.3 is 0 Å². The summed E-state index contributed by atoms with van der Waals surface area (Å²) in [7, 11) is 1.60. The fraction of sp³-hybridized carbons (Fsp3) is 0.375. The van der Waals surface area contributed by atoms with Gasteiger partial charge < -0.3 is 15.0 Å². The van der Waals surface area contributed by atoms with Crippen LogP contribution in [0.2, 0.25) is 0 Å². The van der Waals surface area contributed by atoms with E-state index in [1.54, 1.807) is 7.11 Å². The van der Waals surface area contributed by atoms with Crippen molar-refractivity contribution in [1.82, 2.24) is 15.0 Å². The first kappa shape index (κ1) is 15.0. The van der Waals surface area contributed by atoms with Crippen LogP contribution >= 0.6 is 0 Å². The maximum atomic E-state index is 9.18. The molecular formula is C16H18N6O. The van der Waals surface area contributed by atoms with Crippen LogP contribution in [0.25, 0.3) is 0 Å². The Labute approximate surface area is 135 Å². The van der Waals surface area contributed by atoms with E-state index in [2.05, 4.69) is 25.2 Å². The number of nitriles is 1. The zero-order chi connectivity index (χ0) is 16.1. The molecule has 0 spiro atoms. The highest BCUT2D eigenvalue weighted by molar-refractivity contribution is 5.62. The second-order valence-electron chi connectivity index (χ2n) is 5.27. The first-order valence-electron chi connectivity index (χ1n) is 7.61. The van der Waals surface area contributed by atoms with Crippen molar-refractivity contribution in [2.45, 2.75) is 19.3 Å². The molecule has 0 bridgehead atoms. The molecule has 0 atom stereocenters. The number of methoxy groups -OCH3 is 1. The third kappa shape index (κ3) is 3.48. The molecule has 1 aliphatic heterocycles. The van der Waals surface area contributed by atoms with Crippen LogP contribution in [-0.4, -0.2) is 35.2 Å². The number of nitrogens with one attached hydrogen (secondary N) is 1. The van der Waals surface area contributed by atoms with E-state index < -0.39 is 0 Å². The Bertz CT molecular complexity index is 721. The van der Waals surface area contributed by atoms with Crippen LogP contribution in [0.3, 0.4) is 0 Å². The van der Waals surface area contributed by atoms with E-state index in [0.29, 0.717) is 17.6 Å². The lowest BCUT2D eigenvalue weighted by molar-refractivity contribution is 0.417. The highest BCUT2D eigenvalue weighted by Gasteiger charge is 2.16. The van der Waals surface area contributed by atoms with Gasteiger partial charge in [-0.2, -0.15) is 20.2 Å². The third-order valence-electron chi connectivity index (χ3n) is 3.72. The molecule has 2 heterocycles. The summed E-state index contributed by atoms with van der Waals surface area (Å²) in [6, 6.07) is 9.50. The molecule has 1 aromatic heterocycles. The molecule has 23 heavy (non-hydrogen) atoms. The van der Waals surface area contributed by atoms with Gasteiger partial charge in [0, 0.05) is 13.1 Å². The molecule has 0 aliphatic carbocycles. The minimum absolute atomic E-state index is 0.109. The fourth-order valence-electron chi connectivity index (χ4n) is 2.57. The van der Waals surface area contributed by atoms with Crippen LogP contribution in [0.1, 0.15) is 25.1 Å². The van der Waals surface area contributed by atoms with Crippen molar-refractivity contribution >= 4 is 17.6 Å². The maximum absolute atomic E-state index is 9.18. The molecule has 1 aliphatic rings. The van der Waals surface area contributed by atoms with Crippen LogP contribution in [-0.2, 0) is 0 Å². The van der Waals surface area contributed by atoms with Gasteiger partial charge in [-0.25, -0.2) is 0 Å². The number of ether oxygens (including phenoxy) is 1. The monoisotopic (exact) mass is 310 g/mol. The van der Waals surface area contributed by atoms with Crippen molar-refractivity contribution in [3.8, 4) is 11.8 Å². The van der Waals surface area contributed by atoms with Crippen LogP contribution in [0, 0.1) is 11.3 Å². The molecule has 1 fully saturated rings. The van der Waals surface area contributed by atoms with Crippen LogP contribution in [0.15, 0.2) is 24.3 Å². The molecule has 1 saturated heterocycles. The average molecular weight is 310 g/mol. The normalized spacial score (nSPS) is 14.2. The standard InChI is InChI=1S/C16H18N6O/c1-23-13-8-4-3-7-12(13)18-15-19-14(11-17)20-16(21-15)22-9-5-2-6-10-22/h3-4,7-8H,2,5-6,9-10H2,1H3,(H,18,19,20,21). The number of hydrogen-bond acceptors (Lipinski definition) is 7. The summed E-state index contributed by atoms with van der Waals surface area (Å²) >= 11 is 0. The molecule has 3 rings (SSSR count). The summed E-state index contributed by atoms with van der Waals surface area (Å²) in [6.07, 6.45) is 3.45. The molecule has 0 unspecified atom stereocenters. The number of benzene rings is 1. The van der Waals surface area contributed by atoms with Crippen molar-refractivity contribution in [1.29, 1.82) is 5.26 Å². The molecule has 2 aromatic rings. The smallest absolute Gasteiger partial charge is 0.238 e. The first-order valence-corrected chi connectivity index (χ1v) is 7.61. The Hall–Kier alpha value is -2.88. The number of aromatic nitrogens is 3. The van der Waals surface area contributed by atoms with Gasteiger partial charge in [0.1, 0.15) is 11.8 Å². The zero-order valence-corrected chi connectivity index (χ0v) is 13.0. The molecule has 0 amide bonds. The molecule has 118 valence electrons. The molecule has 1 aromatic carbocycles. The van der Waals surface area contributed by atoms with Crippen molar-refractivity contribution in [2.75, 3.05) is 30.4 Å². The lowest BCUT2D eigenvalue weighted by atomic mass is 10.1. The predicted octanol–water partition coefficient (Wildman–Crippen LogP) is 2.49. The van der Waals surface area contributed by atoms with Gasteiger partial charge in [0.15, 0.2) is 0 Å². The van der Waals surface area contributed by atoms with E-state index in [1.165, 1.54) is 6.42 Å². The summed E-state index contributed by atoms with van der Waals surface area (Å²) < 4.78 is 5.31. The highest BCUT2D eigenvalue weighted by atomic mass is 16.5. The van der Waals surface area contributed by atoms with E-state index in [1.807, 2.05) is 30.3 Å². The number of rotatable bonds is 4. The topological polar surface area (TPSA) is 87.0 Å². The second kappa shape index (κ2) is 6.92. The Morgan fingerprint density at radius 1 is 1.13 bits per heavy atom. The molecule has 7 heteroatoms. The highest BCUT2D eigenvalue weighted by Crippen LogP contribution is 2.26. The van der Waals surface area contributed by atoms with Gasteiger partial charge in [-0.1, -0.05) is 12.1 Å². The minimum atomic E-state index is 0.109. The lowest BCUT2D eigenvalue weighted by Gasteiger charge is -2.26. The quantitative estimate of drug-likeness (QED) is 0.928. The van der Waals surface area contributed by atoms with Gasteiger partial charge in [0.2, 0.25) is 17.7 Å². The summed E-state index contributed by atoms with van der Waals surface area (Å²) in [5.74, 6) is 1.69. The number of nitrogens with zero attached hydrogens (tertiary/aromatic N) is 5. The predicted molar refractivity (Wildman–Crippen MR) is 86.9 cm³/mol. The first-order chi connectivity index (χ1) is 11.3. The average Bonchev–Trinajstić information content (AvgIpc) is 2.62. The fourth-order valence-corrected chi connectivity index (χ4v) is 2.57. The largest absolute Gasteiger partial charge is 0.495 e. The Kier molecular flexibility index (Phi) is 4.52. The molecule has 7 nitrogen and oxygen atoms in total. The van der Waals surface area contributed by atoms with Gasteiger partial charge in [0.25, 0.3) is 0 Å². The third-order valence-corrected chi connectivity index (χ3v) is 3.72. The Morgan fingerprint density at radius 3 is 2.65 bits per heavy atom. The van der Waals surface area contributed by atoms with E-state index >= 15 is 0 Å². The van der Waals surface area contributed by atoms with Crippen molar-refractivity contribution in [3.05, 3.63) is 30.1 Å². The van der Waals surface area contributed by atoms with Crippen molar-refractivity contribution < 1.29 is 4.74 Å². The van der Waals surface area contributed by atoms with E-state index in [0.717, 1.165) is 31.6 Å². The molecular weight excluding hydrogens is 292 g/mol. The SMILES string of the molecule is COc1ccccc1Nc1nc(C#N)nc(N2CCCCC2)n1. The van der Waals surface area contributed by atoms with Crippen LogP contribution < -0.4 is 15.0 Å². The van der Waals surface area contributed by atoms with Crippen molar-refractivity contribution in [3.63, 3.8) is 0 Å².